The molecule has 0 atom stereocenters. The molecule has 0 amide bonds. The zero-order valence-corrected chi connectivity index (χ0v) is 23.3. The summed E-state index contributed by atoms with van der Waals surface area (Å²) in [6.45, 7) is 4.55. The van der Waals surface area contributed by atoms with E-state index in [0.717, 1.165) is 28.5 Å². The Kier molecular flexibility index (Phi) is 6.18. The van der Waals surface area contributed by atoms with Crippen molar-refractivity contribution < 1.29 is 0 Å². The first-order valence-electron chi connectivity index (χ1n) is 13.7. The number of aromatic nitrogens is 2. The number of para-hydroxylation sites is 2. The molecule has 0 fully saturated rings. The van der Waals surface area contributed by atoms with Crippen LogP contribution in [0.1, 0.15) is 25.3 Å². The van der Waals surface area contributed by atoms with Gasteiger partial charge in [0.1, 0.15) is 5.82 Å². The Bertz CT molecular complexity index is 1880. The summed E-state index contributed by atoms with van der Waals surface area (Å²) in [5.74, 6) is 1.31. The molecule has 7 aromatic rings. The summed E-state index contributed by atoms with van der Waals surface area (Å²) in [4.78, 5) is 7.15. The molecule has 40 heavy (non-hydrogen) atoms. The van der Waals surface area contributed by atoms with Gasteiger partial charge in [-0.2, -0.15) is 0 Å². The summed E-state index contributed by atoms with van der Waals surface area (Å²) >= 11 is 1.85. The van der Waals surface area contributed by atoms with E-state index in [1.165, 1.54) is 31.4 Å². The predicted molar refractivity (Wildman–Crippen MR) is 171 cm³/mol. The number of fused-ring (bicyclic) bond motifs is 3. The van der Waals surface area contributed by atoms with Crippen LogP contribution >= 0.6 is 11.3 Å². The van der Waals surface area contributed by atoms with Crippen molar-refractivity contribution in [2.75, 3.05) is 4.90 Å². The molecule has 0 saturated carbocycles. The minimum Gasteiger partial charge on any atom is -0.310 e. The van der Waals surface area contributed by atoms with Gasteiger partial charge in [-0.15, -0.1) is 11.3 Å². The molecule has 0 aliphatic carbocycles. The van der Waals surface area contributed by atoms with Crippen LogP contribution in [0.5, 0.6) is 0 Å². The quantitative estimate of drug-likeness (QED) is 0.211. The summed E-state index contributed by atoms with van der Waals surface area (Å²) in [5, 5.41) is 2.55. The number of nitrogens with zero attached hydrogens (tertiary/aromatic N) is 3. The first kappa shape index (κ1) is 24.4. The molecule has 0 bridgehead atoms. The van der Waals surface area contributed by atoms with Crippen LogP contribution in [0.2, 0.25) is 0 Å². The molecule has 0 N–H and O–H groups in total. The summed E-state index contributed by atoms with van der Waals surface area (Å²) in [6, 6.07) is 43.2. The van der Waals surface area contributed by atoms with E-state index >= 15 is 0 Å². The molecule has 194 valence electrons. The number of rotatable bonds is 6. The van der Waals surface area contributed by atoms with E-state index in [1.54, 1.807) is 0 Å². The van der Waals surface area contributed by atoms with Crippen molar-refractivity contribution in [1.29, 1.82) is 0 Å². The molecule has 0 saturated heterocycles. The van der Waals surface area contributed by atoms with E-state index in [9.17, 15) is 0 Å². The largest absolute Gasteiger partial charge is 0.310 e. The van der Waals surface area contributed by atoms with Gasteiger partial charge in [-0.05, 0) is 60.0 Å². The first-order valence-corrected chi connectivity index (χ1v) is 14.5. The first-order chi connectivity index (χ1) is 19.7. The average Bonchev–Trinajstić information content (AvgIpc) is 3.63. The lowest BCUT2D eigenvalue weighted by Crippen LogP contribution is -2.09. The third-order valence-corrected chi connectivity index (χ3v) is 8.58. The predicted octanol–water partition coefficient (Wildman–Crippen LogP) is 10.5. The fourth-order valence-corrected chi connectivity index (χ4v) is 6.69. The molecule has 0 spiro atoms. The van der Waals surface area contributed by atoms with Crippen molar-refractivity contribution >= 4 is 48.6 Å². The van der Waals surface area contributed by atoms with Crippen LogP contribution in [0.4, 0.5) is 17.1 Å². The van der Waals surface area contributed by atoms with Crippen molar-refractivity contribution in [3.8, 4) is 17.1 Å². The highest BCUT2D eigenvalue weighted by Crippen LogP contribution is 2.44. The van der Waals surface area contributed by atoms with E-state index in [-0.39, 0.29) is 0 Å². The fourth-order valence-electron chi connectivity index (χ4n) is 5.61. The third kappa shape index (κ3) is 4.18. The van der Waals surface area contributed by atoms with E-state index in [0.29, 0.717) is 5.92 Å². The number of hydrogen-bond donors (Lipinski definition) is 0. The minimum atomic E-state index is 0.355. The second kappa shape index (κ2) is 10.1. The lowest BCUT2D eigenvalue weighted by molar-refractivity contribution is 0.851. The Labute approximate surface area is 238 Å². The van der Waals surface area contributed by atoms with E-state index in [2.05, 4.69) is 151 Å². The second-order valence-corrected chi connectivity index (χ2v) is 11.4. The number of benzene rings is 5. The Morgan fingerprint density at radius 1 is 0.675 bits per heavy atom. The maximum Gasteiger partial charge on any atom is 0.144 e. The topological polar surface area (TPSA) is 21.1 Å². The van der Waals surface area contributed by atoms with Crippen molar-refractivity contribution in [3.63, 3.8) is 0 Å². The summed E-state index contributed by atoms with van der Waals surface area (Å²) in [7, 11) is 0. The van der Waals surface area contributed by atoms with Gasteiger partial charge in [0.05, 0.1) is 5.69 Å². The monoisotopic (exact) mass is 535 g/mol. The highest BCUT2D eigenvalue weighted by atomic mass is 32.1. The maximum absolute atomic E-state index is 4.82. The van der Waals surface area contributed by atoms with Crippen LogP contribution in [0.15, 0.2) is 134 Å². The van der Waals surface area contributed by atoms with Gasteiger partial charge in [-0.3, -0.25) is 4.57 Å². The lowest BCUT2D eigenvalue weighted by Gasteiger charge is -2.25. The van der Waals surface area contributed by atoms with Crippen LogP contribution in [-0.4, -0.2) is 9.55 Å². The molecule has 5 aromatic carbocycles. The van der Waals surface area contributed by atoms with Crippen LogP contribution in [-0.2, 0) is 0 Å². The number of thiophene rings is 1. The summed E-state index contributed by atoms with van der Waals surface area (Å²) in [6.07, 6.45) is 4.02. The van der Waals surface area contributed by atoms with Gasteiger partial charge in [0, 0.05) is 55.2 Å². The molecule has 4 heteroatoms. The maximum atomic E-state index is 4.82. The Morgan fingerprint density at radius 3 is 1.95 bits per heavy atom. The molecule has 2 heterocycles. The average molecular weight is 536 g/mol. The van der Waals surface area contributed by atoms with Gasteiger partial charge in [0.25, 0.3) is 0 Å². The molecule has 3 nitrogen and oxygen atoms in total. The van der Waals surface area contributed by atoms with Crippen LogP contribution in [0.3, 0.4) is 0 Å². The SMILES string of the molecule is CC(C)c1ccc2sc3ccc(N(c4ccccc4)c4ccccc4)cc3c2c1-n1ccnc1-c1ccccc1. The number of anilines is 3. The van der Waals surface area contributed by atoms with Gasteiger partial charge >= 0.3 is 0 Å². The van der Waals surface area contributed by atoms with Crippen LogP contribution in [0, 0.1) is 0 Å². The van der Waals surface area contributed by atoms with Gasteiger partial charge < -0.3 is 4.90 Å². The second-order valence-electron chi connectivity index (χ2n) is 10.3. The Morgan fingerprint density at radius 2 is 1.30 bits per heavy atom. The van der Waals surface area contributed by atoms with E-state index < -0.39 is 0 Å². The number of imidazole rings is 1. The zero-order valence-electron chi connectivity index (χ0n) is 22.5. The molecule has 0 radical (unpaired) electrons. The Balaban J connectivity index is 1.51. The molecular weight excluding hydrogens is 506 g/mol. The summed E-state index contributed by atoms with van der Waals surface area (Å²) < 4.78 is 4.85. The molecule has 0 unspecified atom stereocenters. The summed E-state index contributed by atoms with van der Waals surface area (Å²) in [5.41, 5.74) is 7.06. The molecule has 2 aromatic heterocycles. The van der Waals surface area contributed by atoms with E-state index in [4.69, 9.17) is 4.98 Å². The van der Waals surface area contributed by atoms with Gasteiger partial charge in [-0.1, -0.05) is 86.6 Å². The molecule has 0 aliphatic rings. The number of hydrogen-bond acceptors (Lipinski definition) is 3. The third-order valence-electron chi connectivity index (χ3n) is 7.45. The normalized spacial score (nSPS) is 11.5. The Hall–Kier alpha value is -4.67. The van der Waals surface area contributed by atoms with Gasteiger partial charge in [0.15, 0.2) is 0 Å². The smallest absolute Gasteiger partial charge is 0.144 e. The molecule has 0 aliphatic heterocycles. The minimum absolute atomic E-state index is 0.355. The van der Waals surface area contributed by atoms with E-state index in [1.807, 2.05) is 17.5 Å². The highest BCUT2D eigenvalue weighted by Gasteiger charge is 2.21. The standard InChI is InChI=1S/C36H29N3S/c1-25(2)30-19-21-33-34(35(30)38-23-22-37-36(38)26-12-6-3-7-13-26)31-24-29(18-20-32(31)40-33)39(27-14-8-4-9-15-27)28-16-10-5-11-17-28/h3-25H,1-2H3. The van der Waals surface area contributed by atoms with Gasteiger partial charge in [-0.25, -0.2) is 4.98 Å². The van der Waals surface area contributed by atoms with Crippen molar-refractivity contribution in [1.82, 2.24) is 9.55 Å². The zero-order chi connectivity index (χ0) is 27.1. The molecular formula is C36H29N3S. The van der Waals surface area contributed by atoms with Crippen molar-refractivity contribution in [2.45, 2.75) is 19.8 Å². The fraction of sp³-hybridized carbons (Fsp3) is 0.0833. The highest BCUT2D eigenvalue weighted by molar-refractivity contribution is 7.25. The lowest BCUT2D eigenvalue weighted by atomic mass is 9.97. The molecule has 7 rings (SSSR count). The van der Waals surface area contributed by atoms with Crippen LogP contribution in [0.25, 0.3) is 37.2 Å². The van der Waals surface area contributed by atoms with Crippen molar-refractivity contribution in [2.24, 2.45) is 0 Å². The van der Waals surface area contributed by atoms with Crippen molar-refractivity contribution in [3.05, 3.63) is 139 Å². The van der Waals surface area contributed by atoms with Gasteiger partial charge in [0.2, 0.25) is 0 Å². The van der Waals surface area contributed by atoms with Crippen LogP contribution < -0.4 is 4.90 Å².